The SMILES string of the molecule is O=C(NCCc1coc(-c2ccccc2)n1)N1CCCC1. The summed E-state index contributed by atoms with van der Waals surface area (Å²) in [6, 6.07) is 9.82. The summed E-state index contributed by atoms with van der Waals surface area (Å²) in [4.78, 5) is 18.1. The van der Waals surface area contributed by atoms with Gasteiger partial charge in [0.1, 0.15) is 6.26 Å². The second-order valence-corrected chi connectivity index (χ2v) is 5.19. The van der Waals surface area contributed by atoms with Gasteiger partial charge < -0.3 is 14.6 Å². The first kappa shape index (κ1) is 13.7. The van der Waals surface area contributed by atoms with E-state index in [0.717, 1.165) is 37.2 Å². The fourth-order valence-corrected chi connectivity index (χ4v) is 2.46. The minimum Gasteiger partial charge on any atom is -0.444 e. The minimum atomic E-state index is 0.0271. The second kappa shape index (κ2) is 6.43. The number of likely N-dealkylation sites (tertiary alicyclic amines) is 1. The van der Waals surface area contributed by atoms with E-state index < -0.39 is 0 Å². The van der Waals surface area contributed by atoms with Crippen LogP contribution in [0.25, 0.3) is 11.5 Å². The van der Waals surface area contributed by atoms with Crippen LogP contribution in [0.2, 0.25) is 0 Å². The van der Waals surface area contributed by atoms with Gasteiger partial charge in [-0.05, 0) is 25.0 Å². The maximum atomic E-state index is 11.8. The van der Waals surface area contributed by atoms with Crippen molar-refractivity contribution in [3.8, 4) is 11.5 Å². The molecular formula is C16H19N3O2. The van der Waals surface area contributed by atoms with Gasteiger partial charge in [-0.3, -0.25) is 0 Å². The van der Waals surface area contributed by atoms with Gasteiger partial charge in [-0.15, -0.1) is 0 Å². The lowest BCUT2D eigenvalue weighted by atomic mass is 10.2. The zero-order valence-corrected chi connectivity index (χ0v) is 11.9. The molecule has 1 saturated heterocycles. The van der Waals surface area contributed by atoms with Crippen LogP contribution < -0.4 is 5.32 Å². The van der Waals surface area contributed by atoms with E-state index in [9.17, 15) is 4.79 Å². The van der Waals surface area contributed by atoms with Crippen molar-refractivity contribution in [1.82, 2.24) is 15.2 Å². The molecule has 0 radical (unpaired) electrons. The lowest BCUT2D eigenvalue weighted by Gasteiger charge is -2.15. The van der Waals surface area contributed by atoms with Crippen molar-refractivity contribution in [3.63, 3.8) is 0 Å². The summed E-state index contributed by atoms with van der Waals surface area (Å²) in [6.45, 7) is 2.32. The number of hydrogen-bond acceptors (Lipinski definition) is 3. The molecule has 1 N–H and O–H groups in total. The van der Waals surface area contributed by atoms with Gasteiger partial charge >= 0.3 is 6.03 Å². The highest BCUT2D eigenvalue weighted by molar-refractivity contribution is 5.74. The Morgan fingerprint density at radius 1 is 1.24 bits per heavy atom. The molecule has 21 heavy (non-hydrogen) atoms. The van der Waals surface area contributed by atoms with Gasteiger partial charge in [-0.2, -0.15) is 0 Å². The molecule has 0 atom stereocenters. The summed E-state index contributed by atoms with van der Waals surface area (Å²) in [5.74, 6) is 0.622. The lowest BCUT2D eigenvalue weighted by molar-refractivity contribution is 0.209. The number of carbonyl (C=O) groups excluding carboxylic acids is 1. The third kappa shape index (κ3) is 3.42. The van der Waals surface area contributed by atoms with E-state index in [1.54, 1.807) is 6.26 Å². The number of carbonyl (C=O) groups is 1. The Hall–Kier alpha value is -2.30. The highest BCUT2D eigenvalue weighted by Crippen LogP contribution is 2.17. The number of nitrogens with zero attached hydrogens (tertiary/aromatic N) is 2. The molecule has 5 nitrogen and oxygen atoms in total. The number of oxazole rings is 1. The summed E-state index contributed by atoms with van der Waals surface area (Å²) in [6.07, 6.45) is 4.55. The van der Waals surface area contributed by atoms with E-state index in [1.807, 2.05) is 35.2 Å². The van der Waals surface area contributed by atoms with Crippen LogP contribution in [-0.4, -0.2) is 35.5 Å². The molecule has 3 rings (SSSR count). The molecule has 0 aliphatic carbocycles. The number of nitrogens with one attached hydrogen (secondary N) is 1. The van der Waals surface area contributed by atoms with Crippen LogP contribution in [0, 0.1) is 0 Å². The molecule has 0 unspecified atom stereocenters. The monoisotopic (exact) mass is 285 g/mol. The summed E-state index contributed by atoms with van der Waals surface area (Å²) < 4.78 is 5.47. The Morgan fingerprint density at radius 3 is 2.76 bits per heavy atom. The fraction of sp³-hybridized carbons (Fsp3) is 0.375. The van der Waals surface area contributed by atoms with Crippen LogP contribution >= 0.6 is 0 Å². The predicted octanol–water partition coefficient (Wildman–Crippen LogP) is 2.69. The van der Waals surface area contributed by atoms with E-state index in [-0.39, 0.29) is 6.03 Å². The number of aromatic nitrogens is 1. The summed E-state index contributed by atoms with van der Waals surface area (Å²) in [7, 11) is 0. The summed E-state index contributed by atoms with van der Waals surface area (Å²) >= 11 is 0. The van der Waals surface area contributed by atoms with Crippen molar-refractivity contribution in [2.75, 3.05) is 19.6 Å². The molecule has 1 aromatic carbocycles. The smallest absolute Gasteiger partial charge is 0.317 e. The first-order chi connectivity index (χ1) is 10.3. The summed E-state index contributed by atoms with van der Waals surface area (Å²) in [5.41, 5.74) is 1.82. The van der Waals surface area contributed by atoms with Crippen LogP contribution in [0.3, 0.4) is 0 Å². The van der Waals surface area contributed by atoms with Crippen molar-refractivity contribution in [2.24, 2.45) is 0 Å². The van der Waals surface area contributed by atoms with Crippen LogP contribution in [0.1, 0.15) is 18.5 Å². The Kier molecular flexibility index (Phi) is 4.19. The van der Waals surface area contributed by atoms with E-state index in [4.69, 9.17) is 4.42 Å². The number of rotatable bonds is 4. The molecular weight excluding hydrogens is 266 g/mol. The van der Waals surface area contributed by atoms with Gasteiger partial charge in [-0.1, -0.05) is 18.2 Å². The standard InChI is InChI=1S/C16H19N3O2/c20-16(19-10-4-5-11-19)17-9-8-14-12-21-15(18-14)13-6-2-1-3-7-13/h1-3,6-7,12H,4-5,8-11H2,(H,17,20). The van der Waals surface area contributed by atoms with Crippen LogP contribution in [0.5, 0.6) is 0 Å². The van der Waals surface area contributed by atoms with Gasteiger partial charge in [0.25, 0.3) is 0 Å². The fourth-order valence-electron chi connectivity index (χ4n) is 2.46. The maximum absolute atomic E-state index is 11.8. The molecule has 1 aliphatic rings. The van der Waals surface area contributed by atoms with Crippen LogP contribution in [0.15, 0.2) is 41.0 Å². The average Bonchev–Trinajstić information content (AvgIpc) is 3.20. The Bertz CT molecular complexity index is 589. The number of benzene rings is 1. The molecule has 2 heterocycles. The average molecular weight is 285 g/mol. The van der Waals surface area contributed by atoms with Gasteiger partial charge in [0.05, 0.1) is 5.69 Å². The molecule has 1 aromatic heterocycles. The number of urea groups is 1. The first-order valence-corrected chi connectivity index (χ1v) is 7.35. The summed E-state index contributed by atoms with van der Waals surface area (Å²) in [5, 5.41) is 2.93. The molecule has 110 valence electrons. The zero-order valence-electron chi connectivity index (χ0n) is 11.9. The Labute approximate surface area is 124 Å². The van der Waals surface area contributed by atoms with E-state index in [0.29, 0.717) is 18.9 Å². The maximum Gasteiger partial charge on any atom is 0.317 e. The quantitative estimate of drug-likeness (QED) is 0.939. The minimum absolute atomic E-state index is 0.0271. The van der Waals surface area contributed by atoms with Gasteiger partial charge in [0.2, 0.25) is 5.89 Å². The Balaban J connectivity index is 1.50. The highest BCUT2D eigenvalue weighted by atomic mass is 16.3. The molecule has 2 aromatic rings. The Morgan fingerprint density at radius 2 is 2.00 bits per heavy atom. The van der Waals surface area contributed by atoms with Gasteiger partial charge in [0, 0.05) is 31.6 Å². The van der Waals surface area contributed by atoms with Gasteiger partial charge in [0.15, 0.2) is 0 Å². The topological polar surface area (TPSA) is 58.4 Å². The third-order valence-corrected chi connectivity index (χ3v) is 3.62. The normalized spacial score (nSPS) is 14.4. The highest BCUT2D eigenvalue weighted by Gasteiger charge is 2.17. The molecule has 0 bridgehead atoms. The molecule has 0 saturated carbocycles. The second-order valence-electron chi connectivity index (χ2n) is 5.19. The molecule has 2 amide bonds. The van der Waals surface area contributed by atoms with Gasteiger partial charge in [-0.25, -0.2) is 9.78 Å². The molecule has 5 heteroatoms. The third-order valence-electron chi connectivity index (χ3n) is 3.62. The molecule has 1 fully saturated rings. The van der Waals surface area contributed by atoms with Crippen molar-refractivity contribution in [3.05, 3.63) is 42.3 Å². The van der Waals surface area contributed by atoms with Crippen molar-refractivity contribution < 1.29 is 9.21 Å². The van der Waals surface area contributed by atoms with E-state index in [1.165, 1.54) is 0 Å². The first-order valence-electron chi connectivity index (χ1n) is 7.35. The zero-order chi connectivity index (χ0) is 14.5. The largest absolute Gasteiger partial charge is 0.444 e. The van der Waals surface area contributed by atoms with E-state index in [2.05, 4.69) is 10.3 Å². The van der Waals surface area contributed by atoms with Crippen LogP contribution in [-0.2, 0) is 6.42 Å². The number of amides is 2. The van der Waals surface area contributed by atoms with Crippen molar-refractivity contribution in [2.45, 2.75) is 19.3 Å². The number of hydrogen-bond donors (Lipinski definition) is 1. The lowest BCUT2D eigenvalue weighted by Crippen LogP contribution is -2.38. The molecule has 0 spiro atoms. The van der Waals surface area contributed by atoms with Crippen molar-refractivity contribution in [1.29, 1.82) is 0 Å². The van der Waals surface area contributed by atoms with Crippen LogP contribution in [0.4, 0.5) is 4.79 Å². The van der Waals surface area contributed by atoms with Crippen molar-refractivity contribution >= 4 is 6.03 Å². The molecule has 1 aliphatic heterocycles. The van der Waals surface area contributed by atoms with E-state index >= 15 is 0 Å². The predicted molar refractivity (Wildman–Crippen MR) is 79.8 cm³/mol.